The summed E-state index contributed by atoms with van der Waals surface area (Å²) in [6.45, 7) is 2.50. The minimum absolute atomic E-state index is 0.0271. The van der Waals surface area contributed by atoms with E-state index in [9.17, 15) is 8.42 Å². The molecule has 0 atom stereocenters. The van der Waals surface area contributed by atoms with Gasteiger partial charge in [0.1, 0.15) is 0 Å². The monoisotopic (exact) mass is 281 g/mol. The summed E-state index contributed by atoms with van der Waals surface area (Å²) in [5.74, 6) is 0. The Hall–Kier alpha value is -2.09. The van der Waals surface area contributed by atoms with E-state index >= 15 is 0 Å². The predicted octanol–water partition coefficient (Wildman–Crippen LogP) is 1.05. The lowest BCUT2D eigenvalue weighted by atomic mass is 10.4. The van der Waals surface area contributed by atoms with Crippen LogP contribution in [0.2, 0.25) is 0 Å². The third-order valence-corrected chi connectivity index (χ3v) is 3.69. The van der Waals surface area contributed by atoms with Crippen LogP contribution in [0.5, 0.6) is 0 Å². The van der Waals surface area contributed by atoms with Gasteiger partial charge in [0.2, 0.25) is 0 Å². The second kappa shape index (κ2) is 5.27. The van der Waals surface area contributed by atoms with E-state index in [2.05, 4.69) is 20.1 Å². The first-order valence-electron chi connectivity index (χ1n) is 5.73. The Morgan fingerprint density at radius 1 is 1.42 bits per heavy atom. The minimum atomic E-state index is -3.73. The molecule has 0 spiro atoms. The molecule has 0 aliphatic carbocycles. The first-order chi connectivity index (χ1) is 9.03. The number of sulfonamides is 1. The van der Waals surface area contributed by atoms with Gasteiger partial charge in [-0.2, -0.15) is 13.5 Å². The van der Waals surface area contributed by atoms with Crippen LogP contribution in [0.1, 0.15) is 6.92 Å². The fraction of sp³-hybridized carbons (Fsp3) is 0.273. The van der Waals surface area contributed by atoms with Gasteiger partial charge in [0, 0.05) is 26.0 Å². The van der Waals surface area contributed by atoms with Gasteiger partial charge in [-0.1, -0.05) is 0 Å². The van der Waals surface area contributed by atoms with Gasteiger partial charge in [-0.15, -0.1) is 0 Å². The summed E-state index contributed by atoms with van der Waals surface area (Å²) >= 11 is 0. The first-order valence-corrected chi connectivity index (χ1v) is 7.21. The Balaban J connectivity index is 2.34. The van der Waals surface area contributed by atoms with E-state index in [4.69, 9.17) is 0 Å². The smallest absolute Gasteiger partial charge is 0.281 e. The molecule has 0 saturated carbocycles. The number of anilines is 2. The standard InChI is InChI=1S/C11H15N5O2S/c1-3-12-10-5-4-6-13-11(10)19(17,18)15-9-7-14-16(2)8-9/h4-8,12,15H,3H2,1-2H3. The maximum atomic E-state index is 12.3. The van der Waals surface area contributed by atoms with Crippen LogP contribution in [-0.4, -0.2) is 29.7 Å². The lowest BCUT2D eigenvalue weighted by Crippen LogP contribution is -2.16. The number of nitrogens with one attached hydrogen (secondary N) is 2. The summed E-state index contributed by atoms with van der Waals surface area (Å²) in [5.41, 5.74) is 0.872. The molecule has 0 fully saturated rings. The molecular formula is C11H15N5O2S. The van der Waals surface area contributed by atoms with E-state index in [1.54, 1.807) is 25.4 Å². The van der Waals surface area contributed by atoms with Crippen molar-refractivity contribution in [2.24, 2.45) is 7.05 Å². The largest absolute Gasteiger partial charge is 0.383 e. The third kappa shape index (κ3) is 3.02. The molecule has 0 bridgehead atoms. The van der Waals surface area contributed by atoms with Gasteiger partial charge in [-0.05, 0) is 19.1 Å². The van der Waals surface area contributed by atoms with Crippen molar-refractivity contribution in [2.75, 3.05) is 16.6 Å². The number of aryl methyl sites for hydroxylation is 1. The van der Waals surface area contributed by atoms with E-state index in [1.165, 1.54) is 17.1 Å². The van der Waals surface area contributed by atoms with Gasteiger partial charge >= 0.3 is 0 Å². The molecule has 0 aliphatic rings. The number of hydrogen-bond donors (Lipinski definition) is 2. The molecule has 2 aromatic heterocycles. The molecule has 0 saturated heterocycles. The number of rotatable bonds is 5. The van der Waals surface area contributed by atoms with Gasteiger partial charge in [0.25, 0.3) is 10.0 Å². The predicted molar refractivity (Wildman–Crippen MR) is 72.4 cm³/mol. The lowest BCUT2D eigenvalue weighted by Gasteiger charge is -2.10. The highest BCUT2D eigenvalue weighted by atomic mass is 32.2. The molecule has 7 nitrogen and oxygen atoms in total. The average Bonchev–Trinajstić information content (AvgIpc) is 2.75. The number of hydrogen-bond acceptors (Lipinski definition) is 5. The molecule has 0 radical (unpaired) electrons. The van der Waals surface area contributed by atoms with Gasteiger partial charge in [-0.25, -0.2) is 4.98 Å². The van der Waals surface area contributed by atoms with Gasteiger partial charge in [0.15, 0.2) is 5.03 Å². The fourth-order valence-electron chi connectivity index (χ4n) is 1.61. The fourth-order valence-corrected chi connectivity index (χ4v) is 2.75. The maximum absolute atomic E-state index is 12.3. The van der Waals surface area contributed by atoms with E-state index in [0.29, 0.717) is 17.9 Å². The van der Waals surface area contributed by atoms with Gasteiger partial charge in [-0.3, -0.25) is 9.40 Å². The summed E-state index contributed by atoms with van der Waals surface area (Å²) in [6, 6.07) is 3.36. The van der Waals surface area contributed by atoms with E-state index < -0.39 is 10.0 Å². The SMILES string of the molecule is CCNc1cccnc1S(=O)(=O)Nc1cnn(C)c1. The Bertz CT molecular complexity index is 665. The van der Waals surface area contributed by atoms with Crippen LogP contribution < -0.4 is 10.0 Å². The van der Waals surface area contributed by atoms with Crippen LogP contribution in [0.3, 0.4) is 0 Å². The molecule has 2 aromatic rings. The van der Waals surface area contributed by atoms with E-state index in [-0.39, 0.29) is 5.03 Å². The first kappa shape index (κ1) is 13.3. The van der Waals surface area contributed by atoms with Crippen molar-refractivity contribution in [2.45, 2.75) is 11.9 Å². The zero-order valence-corrected chi connectivity index (χ0v) is 11.5. The van der Waals surface area contributed by atoms with Crippen LogP contribution in [0, 0.1) is 0 Å². The zero-order valence-electron chi connectivity index (χ0n) is 10.7. The van der Waals surface area contributed by atoms with Crippen molar-refractivity contribution in [1.29, 1.82) is 0 Å². The number of pyridine rings is 1. The number of nitrogens with zero attached hydrogens (tertiary/aromatic N) is 3. The Morgan fingerprint density at radius 3 is 2.84 bits per heavy atom. The Kier molecular flexibility index (Phi) is 3.70. The molecule has 2 rings (SSSR count). The molecule has 2 heterocycles. The summed E-state index contributed by atoms with van der Waals surface area (Å²) in [6.07, 6.45) is 4.46. The summed E-state index contributed by atoms with van der Waals surface area (Å²) in [7, 11) is -2.02. The molecular weight excluding hydrogens is 266 g/mol. The summed E-state index contributed by atoms with van der Waals surface area (Å²) in [4.78, 5) is 3.93. The minimum Gasteiger partial charge on any atom is -0.383 e. The van der Waals surface area contributed by atoms with Crippen LogP contribution >= 0.6 is 0 Å². The number of aromatic nitrogens is 3. The maximum Gasteiger partial charge on any atom is 0.281 e. The highest BCUT2D eigenvalue weighted by molar-refractivity contribution is 7.92. The van der Waals surface area contributed by atoms with Crippen molar-refractivity contribution < 1.29 is 8.42 Å². The molecule has 0 aromatic carbocycles. The van der Waals surface area contributed by atoms with E-state index in [1.807, 2.05) is 6.92 Å². The quantitative estimate of drug-likeness (QED) is 0.855. The molecule has 0 unspecified atom stereocenters. The molecule has 8 heteroatoms. The van der Waals surface area contributed by atoms with E-state index in [0.717, 1.165) is 0 Å². The molecule has 0 aliphatic heterocycles. The zero-order chi connectivity index (χ0) is 13.9. The van der Waals surface area contributed by atoms with Crippen LogP contribution in [0.15, 0.2) is 35.7 Å². The normalized spacial score (nSPS) is 11.3. The van der Waals surface area contributed by atoms with Crippen molar-refractivity contribution in [3.63, 3.8) is 0 Å². The van der Waals surface area contributed by atoms with Crippen molar-refractivity contribution in [3.8, 4) is 0 Å². The van der Waals surface area contributed by atoms with Crippen LogP contribution in [0.25, 0.3) is 0 Å². The van der Waals surface area contributed by atoms with Crippen LogP contribution in [0.4, 0.5) is 11.4 Å². The third-order valence-electron chi connectivity index (χ3n) is 2.35. The Morgan fingerprint density at radius 2 is 2.21 bits per heavy atom. The second-order valence-electron chi connectivity index (χ2n) is 3.89. The van der Waals surface area contributed by atoms with Gasteiger partial charge in [0.05, 0.1) is 17.6 Å². The van der Waals surface area contributed by atoms with Crippen molar-refractivity contribution in [3.05, 3.63) is 30.7 Å². The summed E-state index contributed by atoms with van der Waals surface area (Å²) in [5, 5.41) is 6.85. The Labute approximate surface area is 111 Å². The molecule has 102 valence electrons. The second-order valence-corrected chi connectivity index (χ2v) is 5.49. The molecule has 19 heavy (non-hydrogen) atoms. The van der Waals surface area contributed by atoms with Gasteiger partial charge < -0.3 is 5.32 Å². The molecule has 2 N–H and O–H groups in total. The van der Waals surface area contributed by atoms with Crippen molar-refractivity contribution in [1.82, 2.24) is 14.8 Å². The average molecular weight is 281 g/mol. The van der Waals surface area contributed by atoms with Crippen LogP contribution in [-0.2, 0) is 17.1 Å². The highest BCUT2D eigenvalue weighted by Gasteiger charge is 2.20. The highest BCUT2D eigenvalue weighted by Crippen LogP contribution is 2.20. The molecule has 0 amide bonds. The van der Waals surface area contributed by atoms with Crippen molar-refractivity contribution >= 4 is 21.4 Å². The topological polar surface area (TPSA) is 88.9 Å². The lowest BCUT2D eigenvalue weighted by molar-refractivity contribution is 0.598. The summed E-state index contributed by atoms with van der Waals surface area (Å²) < 4.78 is 28.5.